The van der Waals surface area contributed by atoms with E-state index in [-0.39, 0.29) is 0 Å². The van der Waals surface area contributed by atoms with Crippen LogP contribution < -0.4 is 10.1 Å². The monoisotopic (exact) mass is 351 g/mol. The second-order valence-corrected chi connectivity index (χ2v) is 7.68. The minimum atomic E-state index is 0.555. The third kappa shape index (κ3) is 3.35. The Labute approximate surface area is 156 Å². The average molecular weight is 351 g/mol. The van der Waals surface area contributed by atoms with Gasteiger partial charge in [0.05, 0.1) is 7.11 Å². The summed E-state index contributed by atoms with van der Waals surface area (Å²) in [4.78, 5) is 8.86. The van der Waals surface area contributed by atoms with E-state index in [2.05, 4.69) is 46.5 Å². The van der Waals surface area contributed by atoms with Gasteiger partial charge in [-0.25, -0.2) is 9.97 Å². The second kappa shape index (κ2) is 7.75. The van der Waals surface area contributed by atoms with Gasteiger partial charge in [-0.3, -0.25) is 0 Å². The number of rotatable bonds is 6. The van der Waals surface area contributed by atoms with Gasteiger partial charge in [-0.15, -0.1) is 0 Å². The lowest BCUT2D eigenvalue weighted by Gasteiger charge is -2.55. The molecule has 2 aliphatic rings. The van der Waals surface area contributed by atoms with E-state index < -0.39 is 0 Å². The molecule has 26 heavy (non-hydrogen) atoms. The van der Waals surface area contributed by atoms with Crippen molar-refractivity contribution >= 4 is 0 Å². The molecule has 4 atom stereocenters. The van der Waals surface area contributed by atoms with Crippen molar-refractivity contribution in [2.75, 3.05) is 7.11 Å². The Hall–Kier alpha value is -1.94. The molecule has 0 radical (unpaired) electrons. The van der Waals surface area contributed by atoms with Gasteiger partial charge in [0.2, 0.25) is 0 Å². The van der Waals surface area contributed by atoms with Crippen LogP contribution in [-0.2, 0) is 13.0 Å². The van der Waals surface area contributed by atoms with Crippen molar-refractivity contribution in [1.29, 1.82) is 0 Å². The maximum Gasteiger partial charge on any atom is 0.127 e. The van der Waals surface area contributed by atoms with Crippen LogP contribution >= 0.6 is 0 Å². The SMILES string of the molecule is CCc1ncc(CN[C@H]2[C@H]3CCCC[C@@H]3[C@@H]2c2ccc(OC)cc2)cn1. The second-order valence-electron chi connectivity index (χ2n) is 7.68. The summed E-state index contributed by atoms with van der Waals surface area (Å²) < 4.78 is 5.33. The van der Waals surface area contributed by atoms with Gasteiger partial charge in [0, 0.05) is 42.9 Å². The number of hydrogen-bond donors (Lipinski definition) is 1. The van der Waals surface area contributed by atoms with Gasteiger partial charge >= 0.3 is 0 Å². The summed E-state index contributed by atoms with van der Waals surface area (Å²) in [5.74, 6) is 4.11. The molecule has 1 N–H and O–H groups in total. The number of nitrogens with one attached hydrogen (secondary N) is 1. The largest absolute Gasteiger partial charge is 0.497 e. The number of nitrogens with zero attached hydrogens (tertiary/aromatic N) is 2. The van der Waals surface area contributed by atoms with Gasteiger partial charge in [0.15, 0.2) is 0 Å². The Morgan fingerprint density at radius 2 is 1.73 bits per heavy atom. The summed E-state index contributed by atoms with van der Waals surface area (Å²) in [5, 5.41) is 3.84. The molecule has 0 amide bonds. The van der Waals surface area contributed by atoms with Gasteiger partial charge in [-0.2, -0.15) is 0 Å². The Bertz CT molecular complexity index is 713. The first-order chi connectivity index (χ1) is 12.8. The number of hydrogen-bond acceptors (Lipinski definition) is 4. The van der Waals surface area contributed by atoms with Gasteiger partial charge in [-0.05, 0) is 42.4 Å². The molecule has 2 aliphatic carbocycles. The number of methoxy groups -OCH3 is 1. The highest BCUT2D eigenvalue weighted by Crippen LogP contribution is 2.54. The van der Waals surface area contributed by atoms with E-state index in [1.54, 1.807) is 7.11 Å². The van der Waals surface area contributed by atoms with Crippen LogP contribution in [0.1, 0.15) is 55.5 Å². The van der Waals surface area contributed by atoms with Crippen molar-refractivity contribution in [3.8, 4) is 5.75 Å². The van der Waals surface area contributed by atoms with Gasteiger partial charge < -0.3 is 10.1 Å². The van der Waals surface area contributed by atoms with Crippen LogP contribution in [-0.4, -0.2) is 23.1 Å². The van der Waals surface area contributed by atoms with Gasteiger partial charge in [-0.1, -0.05) is 31.9 Å². The lowest BCUT2D eigenvalue weighted by molar-refractivity contribution is 0.0253. The quantitative estimate of drug-likeness (QED) is 0.851. The van der Waals surface area contributed by atoms with Crippen LogP contribution in [0.4, 0.5) is 0 Å². The molecule has 0 bridgehead atoms. The maximum atomic E-state index is 5.33. The zero-order chi connectivity index (χ0) is 17.9. The fourth-order valence-corrected chi connectivity index (χ4v) is 4.92. The van der Waals surface area contributed by atoms with Crippen LogP contribution in [0.3, 0.4) is 0 Å². The smallest absolute Gasteiger partial charge is 0.127 e. The molecule has 2 fully saturated rings. The molecule has 2 saturated carbocycles. The highest BCUT2D eigenvalue weighted by atomic mass is 16.5. The molecule has 0 saturated heterocycles. The minimum Gasteiger partial charge on any atom is -0.497 e. The zero-order valence-electron chi connectivity index (χ0n) is 15.8. The van der Waals surface area contributed by atoms with E-state index in [0.717, 1.165) is 36.4 Å². The molecule has 1 heterocycles. The van der Waals surface area contributed by atoms with Crippen molar-refractivity contribution in [3.63, 3.8) is 0 Å². The summed E-state index contributed by atoms with van der Waals surface area (Å²) in [6, 6.07) is 9.25. The van der Waals surface area contributed by atoms with Crippen LogP contribution in [0.5, 0.6) is 5.75 Å². The highest BCUT2D eigenvalue weighted by Gasteiger charge is 2.50. The normalized spacial score (nSPS) is 27.5. The number of ether oxygens (including phenoxy) is 1. The summed E-state index contributed by atoms with van der Waals surface area (Å²) in [5.41, 5.74) is 2.62. The minimum absolute atomic E-state index is 0.555. The van der Waals surface area contributed by atoms with E-state index in [9.17, 15) is 0 Å². The summed E-state index contributed by atoms with van der Waals surface area (Å²) in [6.07, 6.45) is 10.3. The summed E-state index contributed by atoms with van der Waals surface area (Å²) in [6.45, 7) is 2.94. The molecule has 1 aromatic carbocycles. The van der Waals surface area contributed by atoms with Crippen LogP contribution in [0.2, 0.25) is 0 Å². The first kappa shape index (κ1) is 17.5. The topological polar surface area (TPSA) is 47.0 Å². The number of aromatic nitrogens is 2. The zero-order valence-corrected chi connectivity index (χ0v) is 15.8. The molecule has 4 nitrogen and oxygen atoms in total. The fraction of sp³-hybridized carbons (Fsp3) is 0.545. The van der Waals surface area contributed by atoms with E-state index in [1.807, 2.05) is 12.4 Å². The average Bonchev–Trinajstić information content (AvgIpc) is 2.70. The molecular formula is C22H29N3O. The number of aryl methyl sites for hydroxylation is 1. The predicted octanol–water partition coefficient (Wildman–Crippen LogP) is 4.11. The Morgan fingerprint density at radius 3 is 2.38 bits per heavy atom. The van der Waals surface area contributed by atoms with E-state index in [4.69, 9.17) is 4.74 Å². The van der Waals surface area contributed by atoms with Gasteiger partial charge in [0.1, 0.15) is 11.6 Å². The Balaban J connectivity index is 1.47. The number of benzene rings is 1. The van der Waals surface area contributed by atoms with Crippen molar-refractivity contribution in [2.24, 2.45) is 11.8 Å². The molecule has 0 unspecified atom stereocenters. The Morgan fingerprint density at radius 1 is 1.04 bits per heavy atom. The maximum absolute atomic E-state index is 5.33. The standard InChI is InChI=1S/C22H29N3O/c1-3-20-23-12-15(13-24-20)14-25-22-19-7-5-4-6-18(19)21(22)16-8-10-17(26-2)11-9-16/h8-13,18-19,21-22,25H,3-7,14H2,1-2H3/t18-,19-,21-,22-/m0/s1. The summed E-state index contributed by atoms with van der Waals surface area (Å²) in [7, 11) is 1.73. The van der Waals surface area contributed by atoms with Crippen LogP contribution in [0, 0.1) is 11.8 Å². The van der Waals surface area contributed by atoms with E-state index in [0.29, 0.717) is 12.0 Å². The van der Waals surface area contributed by atoms with Gasteiger partial charge in [0.25, 0.3) is 0 Å². The van der Waals surface area contributed by atoms with Crippen LogP contribution in [0.25, 0.3) is 0 Å². The molecule has 2 aromatic rings. The number of fused-ring (bicyclic) bond motifs is 1. The van der Waals surface area contributed by atoms with Crippen molar-refractivity contribution < 1.29 is 4.74 Å². The lowest BCUT2D eigenvalue weighted by atomic mass is 9.53. The van der Waals surface area contributed by atoms with Crippen LogP contribution in [0.15, 0.2) is 36.7 Å². The van der Waals surface area contributed by atoms with Crippen molar-refractivity contribution in [3.05, 3.63) is 53.6 Å². The van der Waals surface area contributed by atoms with Crippen molar-refractivity contribution in [2.45, 2.75) is 57.5 Å². The molecular weight excluding hydrogens is 322 g/mol. The predicted molar refractivity (Wildman–Crippen MR) is 103 cm³/mol. The lowest BCUT2D eigenvalue weighted by Crippen LogP contribution is -2.57. The molecule has 0 spiro atoms. The molecule has 0 aliphatic heterocycles. The first-order valence-corrected chi connectivity index (χ1v) is 9.97. The third-order valence-electron chi connectivity index (χ3n) is 6.30. The van der Waals surface area contributed by atoms with E-state index >= 15 is 0 Å². The third-order valence-corrected chi connectivity index (χ3v) is 6.30. The highest BCUT2D eigenvalue weighted by molar-refractivity contribution is 5.33. The molecule has 138 valence electrons. The summed E-state index contributed by atoms with van der Waals surface area (Å²) >= 11 is 0. The van der Waals surface area contributed by atoms with E-state index in [1.165, 1.54) is 36.8 Å². The molecule has 4 heteroatoms. The first-order valence-electron chi connectivity index (χ1n) is 9.97. The van der Waals surface area contributed by atoms with Crippen molar-refractivity contribution in [1.82, 2.24) is 15.3 Å². The molecule has 4 rings (SSSR count). The Kier molecular flexibility index (Phi) is 5.21. The fourth-order valence-electron chi connectivity index (χ4n) is 4.92. The molecule has 1 aromatic heterocycles.